The Labute approximate surface area is 95.1 Å². The van der Waals surface area contributed by atoms with Gasteiger partial charge in [0.25, 0.3) is 0 Å². The Hall–Kier alpha value is -1.05. The molecule has 76 valence electrons. The number of nitrogens with zero attached hydrogens (tertiary/aromatic N) is 2. The molecule has 0 aliphatic carbocycles. The Balaban J connectivity index is 3.00. The maximum Gasteiger partial charge on any atom is 0.326 e. The summed E-state index contributed by atoms with van der Waals surface area (Å²) >= 11 is 2.02. The number of allylic oxidation sites excluding steroid dienone is 1. The number of aliphatic carboxylic acids is 1. The highest BCUT2D eigenvalue weighted by Gasteiger charge is 2.25. The van der Waals surface area contributed by atoms with E-state index in [2.05, 4.69) is 4.99 Å². The third kappa shape index (κ3) is 2.06. The van der Waals surface area contributed by atoms with Crippen molar-refractivity contribution in [2.45, 2.75) is 13.0 Å². The van der Waals surface area contributed by atoms with E-state index in [1.807, 2.05) is 22.6 Å². The molecule has 1 heterocycles. The summed E-state index contributed by atoms with van der Waals surface area (Å²) in [6.45, 7) is 1.59. The fraction of sp³-hybridized carbons (Fsp3) is 0.250. The number of carboxylic acids is 1. The van der Waals surface area contributed by atoms with Crippen LogP contribution in [0.15, 0.2) is 26.8 Å². The summed E-state index contributed by atoms with van der Waals surface area (Å²) in [5.74, 6) is -0.901. The minimum absolute atomic E-state index is 0.590. The van der Waals surface area contributed by atoms with Crippen LogP contribution in [0.3, 0.4) is 0 Å². The molecule has 0 saturated carbocycles. The summed E-state index contributed by atoms with van der Waals surface area (Å²) in [7, 11) is 0. The van der Waals surface area contributed by atoms with Gasteiger partial charge in [0.2, 0.25) is 0 Å². The van der Waals surface area contributed by atoms with Crippen LogP contribution in [-0.2, 0) is 4.79 Å². The topological polar surface area (TPSA) is 78.9 Å². The van der Waals surface area contributed by atoms with Crippen molar-refractivity contribution in [3.8, 4) is 0 Å². The van der Waals surface area contributed by atoms with Crippen LogP contribution >= 0.6 is 22.6 Å². The zero-order valence-electron chi connectivity index (χ0n) is 7.51. The lowest BCUT2D eigenvalue weighted by Crippen LogP contribution is -2.38. The fourth-order valence-corrected chi connectivity index (χ4v) is 1.92. The van der Waals surface area contributed by atoms with E-state index in [0.29, 0.717) is 5.70 Å². The Bertz CT molecular complexity index is 335. The smallest absolute Gasteiger partial charge is 0.326 e. The first-order valence-electron chi connectivity index (χ1n) is 3.90. The Kier molecular flexibility index (Phi) is 3.50. The third-order valence-electron chi connectivity index (χ3n) is 1.81. The van der Waals surface area contributed by atoms with Crippen molar-refractivity contribution in [3.05, 3.63) is 21.8 Å². The van der Waals surface area contributed by atoms with E-state index in [9.17, 15) is 4.79 Å². The molecule has 5 nitrogen and oxygen atoms in total. The van der Waals surface area contributed by atoms with Crippen molar-refractivity contribution < 1.29 is 9.90 Å². The van der Waals surface area contributed by atoms with Crippen molar-refractivity contribution in [1.82, 2.24) is 4.90 Å². The minimum Gasteiger partial charge on any atom is -0.480 e. The van der Waals surface area contributed by atoms with Crippen LogP contribution in [0, 0.1) is 0 Å². The molecule has 1 rings (SSSR count). The molecule has 0 saturated heterocycles. The number of hydrogen-bond donors (Lipinski definition) is 2. The van der Waals surface area contributed by atoms with Crippen LogP contribution in [0.25, 0.3) is 0 Å². The highest BCUT2D eigenvalue weighted by Crippen LogP contribution is 2.24. The van der Waals surface area contributed by atoms with Gasteiger partial charge < -0.3 is 15.7 Å². The van der Waals surface area contributed by atoms with E-state index in [-0.39, 0.29) is 0 Å². The van der Waals surface area contributed by atoms with Crippen LogP contribution in [0.4, 0.5) is 0 Å². The van der Waals surface area contributed by atoms with Crippen molar-refractivity contribution in [1.29, 1.82) is 0 Å². The van der Waals surface area contributed by atoms with E-state index < -0.39 is 12.0 Å². The van der Waals surface area contributed by atoms with Crippen LogP contribution in [0.2, 0.25) is 0 Å². The molecule has 3 N–H and O–H groups in total. The first-order valence-corrected chi connectivity index (χ1v) is 4.98. The zero-order chi connectivity index (χ0) is 10.7. The maximum absolute atomic E-state index is 10.8. The summed E-state index contributed by atoms with van der Waals surface area (Å²) < 4.78 is 0.733. The van der Waals surface area contributed by atoms with Crippen LogP contribution in [-0.4, -0.2) is 28.2 Å². The Morgan fingerprint density at radius 2 is 2.50 bits per heavy atom. The van der Waals surface area contributed by atoms with Gasteiger partial charge in [0.05, 0.1) is 21.8 Å². The molecular weight excluding hydrogens is 297 g/mol. The van der Waals surface area contributed by atoms with Gasteiger partial charge in [-0.3, -0.25) is 4.99 Å². The van der Waals surface area contributed by atoms with Crippen molar-refractivity contribution in [2.75, 3.05) is 0 Å². The molecule has 0 spiro atoms. The Morgan fingerprint density at radius 3 is 3.00 bits per heavy atom. The van der Waals surface area contributed by atoms with Gasteiger partial charge in [-0.25, -0.2) is 4.79 Å². The quantitative estimate of drug-likeness (QED) is 0.586. The summed E-state index contributed by atoms with van der Waals surface area (Å²) in [4.78, 5) is 16.4. The van der Waals surface area contributed by atoms with Crippen molar-refractivity contribution in [3.63, 3.8) is 0 Å². The molecule has 0 fully saturated rings. The van der Waals surface area contributed by atoms with Crippen molar-refractivity contribution >= 4 is 34.8 Å². The van der Waals surface area contributed by atoms with Crippen molar-refractivity contribution in [2.24, 2.45) is 10.7 Å². The SMILES string of the molecule is CC(C(=O)O)N1C(I)=CN=CC1=CN. The molecule has 1 aliphatic heterocycles. The molecule has 0 aromatic heterocycles. The number of rotatable bonds is 2. The highest BCUT2D eigenvalue weighted by atomic mass is 127. The number of carboxylic acid groups (broad SMARTS) is 1. The first kappa shape index (κ1) is 11.0. The number of halogens is 1. The lowest BCUT2D eigenvalue weighted by molar-refractivity contribution is -0.141. The molecule has 1 atom stereocenters. The summed E-state index contributed by atoms with van der Waals surface area (Å²) in [5.41, 5.74) is 5.96. The lowest BCUT2D eigenvalue weighted by atomic mass is 10.2. The van der Waals surface area contributed by atoms with E-state index in [4.69, 9.17) is 10.8 Å². The third-order valence-corrected chi connectivity index (χ3v) is 2.61. The Morgan fingerprint density at radius 1 is 1.86 bits per heavy atom. The number of nitrogens with two attached hydrogens (primary N) is 1. The van der Waals surface area contributed by atoms with Gasteiger partial charge in [-0.15, -0.1) is 0 Å². The van der Waals surface area contributed by atoms with Gasteiger partial charge in [-0.1, -0.05) is 0 Å². The van der Waals surface area contributed by atoms with E-state index in [1.54, 1.807) is 18.0 Å². The molecule has 14 heavy (non-hydrogen) atoms. The number of carbonyl (C=O) groups is 1. The second kappa shape index (κ2) is 4.45. The largest absolute Gasteiger partial charge is 0.480 e. The summed E-state index contributed by atoms with van der Waals surface area (Å²) in [6, 6.07) is -0.653. The van der Waals surface area contributed by atoms with Crippen LogP contribution < -0.4 is 5.73 Å². The molecular formula is C8H10IN3O2. The summed E-state index contributed by atoms with van der Waals surface area (Å²) in [5, 5.41) is 8.88. The van der Waals surface area contributed by atoms with E-state index in [0.717, 1.165) is 3.70 Å². The van der Waals surface area contributed by atoms with Crippen LogP contribution in [0.1, 0.15) is 6.92 Å². The molecule has 0 aromatic carbocycles. The van der Waals surface area contributed by atoms with E-state index >= 15 is 0 Å². The monoisotopic (exact) mass is 307 g/mol. The molecule has 0 radical (unpaired) electrons. The fourth-order valence-electron chi connectivity index (χ4n) is 1.07. The van der Waals surface area contributed by atoms with Crippen LogP contribution in [0.5, 0.6) is 0 Å². The molecule has 1 unspecified atom stereocenters. The van der Waals surface area contributed by atoms with Gasteiger partial charge in [-0.2, -0.15) is 0 Å². The minimum atomic E-state index is -0.901. The molecule has 0 aromatic rings. The molecule has 0 amide bonds. The van der Waals surface area contributed by atoms with Gasteiger partial charge >= 0.3 is 5.97 Å². The predicted octanol–water partition coefficient (Wildman–Crippen LogP) is 0.880. The molecule has 6 heteroatoms. The number of hydrogen-bond acceptors (Lipinski definition) is 4. The molecule has 1 aliphatic rings. The van der Waals surface area contributed by atoms with Gasteiger partial charge in [0.15, 0.2) is 0 Å². The number of aliphatic imine (C=N–C) groups is 1. The van der Waals surface area contributed by atoms with Gasteiger partial charge in [0, 0.05) is 6.20 Å². The highest BCUT2D eigenvalue weighted by molar-refractivity contribution is 14.1. The first-order chi connectivity index (χ1) is 6.57. The standard InChI is InChI=1S/C8H10IN3O2/c1-5(8(13)14)12-6(2-10)3-11-4-7(12)9/h2-5H,10H2,1H3,(H,13,14). The van der Waals surface area contributed by atoms with Gasteiger partial charge in [0.1, 0.15) is 6.04 Å². The average Bonchev–Trinajstić information content (AvgIpc) is 2.16. The molecule has 0 bridgehead atoms. The maximum atomic E-state index is 10.8. The van der Waals surface area contributed by atoms with E-state index in [1.165, 1.54) is 12.4 Å². The second-order valence-electron chi connectivity index (χ2n) is 2.71. The normalized spacial score (nSPS) is 20.9. The second-order valence-corrected chi connectivity index (χ2v) is 3.81. The summed E-state index contributed by atoms with van der Waals surface area (Å²) in [6.07, 6.45) is 4.46. The zero-order valence-corrected chi connectivity index (χ0v) is 9.67. The average molecular weight is 307 g/mol. The van der Waals surface area contributed by atoms with Gasteiger partial charge in [-0.05, 0) is 29.5 Å². The lowest BCUT2D eigenvalue weighted by Gasteiger charge is -2.29. The predicted molar refractivity (Wildman–Crippen MR) is 61.8 cm³/mol.